The van der Waals surface area contributed by atoms with Crippen LogP contribution in [0.5, 0.6) is 0 Å². The van der Waals surface area contributed by atoms with Gasteiger partial charge in [0, 0.05) is 30.7 Å². The first-order valence-electron chi connectivity index (χ1n) is 8.45. The molecular weight excluding hydrogens is 394 g/mol. The normalized spacial score (nSPS) is 11.0. The predicted molar refractivity (Wildman–Crippen MR) is 109 cm³/mol. The number of benzene rings is 1. The summed E-state index contributed by atoms with van der Waals surface area (Å²) in [4.78, 5) is 24.2. The zero-order chi connectivity index (χ0) is 21.0. The molecule has 0 saturated heterocycles. The van der Waals surface area contributed by atoms with Crippen molar-refractivity contribution in [3.63, 3.8) is 0 Å². The first-order valence-corrected chi connectivity index (χ1v) is 9.99. The van der Waals surface area contributed by atoms with Crippen molar-refractivity contribution in [2.45, 2.75) is 11.8 Å². The molecule has 2 aromatic heterocycles. The lowest BCUT2D eigenvalue weighted by Crippen LogP contribution is -2.24. The van der Waals surface area contributed by atoms with Crippen LogP contribution in [0, 0.1) is 6.92 Å². The summed E-state index contributed by atoms with van der Waals surface area (Å²) in [5, 5.41) is 13.3. The first kappa shape index (κ1) is 20.2. The van der Waals surface area contributed by atoms with E-state index in [9.17, 15) is 13.2 Å². The van der Waals surface area contributed by atoms with Crippen molar-refractivity contribution in [1.29, 1.82) is 0 Å². The molecule has 0 aliphatic carbocycles. The number of hydrogen-bond acceptors (Lipinski definition) is 7. The van der Waals surface area contributed by atoms with Gasteiger partial charge in [-0.15, -0.1) is 0 Å². The summed E-state index contributed by atoms with van der Waals surface area (Å²) in [5.74, 6) is 0.635. The first-order chi connectivity index (χ1) is 13.8. The monoisotopic (exact) mass is 413 g/mol. The molecule has 10 nitrogen and oxygen atoms in total. The summed E-state index contributed by atoms with van der Waals surface area (Å²) in [6.45, 7) is 1.66. The highest BCUT2D eigenvalue weighted by Crippen LogP contribution is 2.23. The van der Waals surface area contributed by atoms with Crippen molar-refractivity contribution in [2.75, 3.05) is 17.7 Å². The lowest BCUT2D eigenvalue weighted by molar-refractivity contribution is 0.254. The second-order valence-corrected chi connectivity index (χ2v) is 7.58. The van der Waals surface area contributed by atoms with Gasteiger partial charge in [-0.2, -0.15) is 0 Å². The van der Waals surface area contributed by atoms with Crippen LogP contribution in [0.3, 0.4) is 0 Å². The average Bonchev–Trinajstić information content (AvgIpc) is 2.69. The van der Waals surface area contributed by atoms with Crippen LogP contribution in [0.25, 0.3) is 11.3 Å². The number of rotatable bonds is 5. The highest BCUT2D eigenvalue weighted by Gasteiger charge is 2.13. The summed E-state index contributed by atoms with van der Waals surface area (Å²) < 4.78 is 23.4. The molecule has 0 spiro atoms. The molecule has 0 radical (unpaired) electrons. The second-order valence-electron chi connectivity index (χ2n) is 6.05. The van der Waals surface area contributed by atoms with Gasteiger partial charge in [0.15, 0.2) is 0 Å². The number of hydrogen-bond donors (Lipinski definition) is 4. The van der Waals surface area contributed by atoms with Crippen LogP contribution >= 0.6 is 0 Å². The van der Waals surface area contributed by atoms with E-state index in [-0.39, 0.29) is 16.9 Å². The number of aromatic nitrogens is 3. The number of nitrogens with zero attached hydrogens (tertiary/aromatic N) is 3. The standard InChI is InChI=1S/C18H19N7O3S/c1-11-3-4-13(10-15(11)29(19,27)28)23-17-22-8-6-14(24-17)12-5-7-21-16(9-12)25-18(26)20-2/h3-10H,1-2H3,(H2,19,27,28)(H,22,23,24)(H2,20,21,25,26). The number of carbonyl (C=O) groups is 1. The number of nitrogens with one attached hydrogen (secondary N) is 3. The third-order valence-electron chi connectivity index (χ3n) is 3.93. The third kappa shape index (κ3) is 5.03. The molecule has 29 heavy (non-hydrogen) atoms. The van der Waals surface area contributed by atoms with Gasteiger partial charge in [-0.05, 0) is 42.8 Å². The molecule has 0 saturated carbocycles. The summed E-state index contributed by atoms with van der Waals surface area (Å²) in [7, 11) is -2.34. The number of sulfonamides is 1. The maximum Gasteiger partial charge on any atom is 0.320 e. The highest BCUT2D eigenvalue weighted by molar-refractivity contribution is 7.89. The van der Waals surface area contributed by atoms with Crippen molar-refractivity contribution >= 4 is 33.5 Å². The van der Waals surface area contributed by atoms with Crippen LogP contribution in [0.1, 0.15) is 5.56 Å². The lowest BCUT2D eigenvalue weighted by atomic mass is 10.2. The fraction of sp³-hybridized carbons (Fsp3) is 0.111. The summed E-state index contributed by atoms with van der Waals surface area (Å²) in [6.07, 6.45) is 3.11. The number of aryl methyl sites for hydroxylation is 1. The Morgan fingerprint density at radius 2 is 1.83 bits per heavy atom. The van der Waals surface area contributed by atoms with Crippen LogP contribution in [-0.2, 0) is 10.0 Å². The minimum absolute atomic E-state index is 0.0257. The Hall–Kier alpha value is -3.57. The smallest absolute Gasteiger partial charge is 0.320 e. The van der Waals surface area contributed by atoms with Gasteiger partial charge < -0.3 is 10.6 Å². The number of nitrogens with two attached hydrogens (primary N) is 1. The molecule has 0 aliphatic heterocycles. The van der Waals surface area contributed by atoms with E-state index in [2.05, 4.69) is 30.9 Å². The largest absolute Gasteiger partial charge is 0.341 e. The van der Waals surface area contributed by atoms with E-state index >= 15 is 0 Å². The number of urea groups is 1. The Morgan fingerprint density at radius 1 is 1.07 bits per heavy atom. The van der Waals surface area contributed by atoms with Crippen LogP contribution in [-0.4, -0.2) is 36.4 Å². The molecule has 5 N–H and O–H groups in total. The summed E-state index contributed by atoms with van der Waals surface area (Å²) in [5.41, 5.74) is 2.32. The van der Waals surface area contributed by atoms with E-state index in [1.165, 1.54) is 13.1 Å². The van der Waals surface area contributed by atoms with Crippen molar-refractivity contribution in [2.24, 2.45) is 5.14 Å². The third-order valence-corrected chi connectivity index (χ3v) is 4.98. The molecule has 150 valence electrons. The van der Waals surface area contributed by atoms with Gasteiger partial charge in [-0.3, -0.25) is 5.32 Å². The zero-order valence-corrected chi connectivity index (χ0v) is 16.5. The van der Waals surface area contributed by atoms with Gasteiger partial charge in [0.25, 0.3) is 0 Å². The Labute approximate surface area is 167 Å². The fourth-order valence-corrected chi connectivity index (χ4v) is 3.34. The van der Waals surface area contributed by atoms with Crippen molar-refractivity contribution < 1.29 is 13.2 Å². The van der Waals surface area contributed by atoms with Crippen LogP contribution in [0.4, 0.5) is 22.2 Å². The van der Waals surface area contributed by atoms with Crippen LogP contribution in [0.2, 0.25) is 0 Å². The average molecular weight is 413 g/mol. The van der Waals surface area contributed by atoms with Gasteiger partial charge in [0.2, 0.25) is 16.0 Å². The molecule has 11 heteroatoms. The maximum atomic E-state index is 11.7. The fourth-order valence-electron chi connectivity index (χ4n) is 2.53. The SMILES string of the molecule is CNC(=O)Nc1cc(-c2ccnc(Nc3ccc(C)c(S(N)(=O)=O)c3)n2)ccn1. The second kappa shape index (κ2) is 8.20. The molecule has 2 heterocycles. The molecule has 0 atom stereocenters. The topological polar surface area (TPSA) is 152 Å². The molecule has 0 unspecified atom stereocenters. The molecule has 0 fully saturated rings. The number of anilines is 3. The molecule has 1 aromatic carbocycles. The van der Waals surface area contributed by atoms with Gasteiger partial charge in [0.05, 0.1) is 10.6 Å². The van der Waals surface area contributed by atoms with Gasteiger partial charge >= 0.3 is 6.03 Å². The van der Waals surface area contributed by atoms with E-state index < -0.39 is 10.0 Å². The number of amides is 2. The highest BCUT2D eigenvalue weighted by atomic mass is 32.2. The van der Waals surface area contributed by atoms with E-state index in [1.54, 1.807) is 49.6 Å². The Morgan fingerprint density at radius 3 is 2.55 bits per heavy atom. The zero-order valence-electron chi connectivity index (χ0n) is 15.7. The lowest BCUT2D eigenvalue weighted by Gasteiger charge is -2.10. The van der Waals surface area contributed by atoms with Gasteiger partial charge in [0.1, 0.15) is 5.82 Å². The number of primary sulfonamides is 1. The van der Waals surface area contributed by atoms with Crippen molar-refractivity contribution in [1.82, 2.24) is 20.3 Å². The maximum absolute atomic E-state index is 11.7. The number of carbonyl (C=O) groups excluding carboxylic acids is 1. The van der Waals surface area contributed by atoms with Crippen molar-refractivity contribution in [3.8, 4) is 11.3 Å². The molecular formula is C18H19N7O3S. The predicted octanol–water partition coefficient (Wildman–Crippen LogP) is 1.99. The van der Waals surface area contributed by atoms with Crippen LogP contribution < -0.4 is 21.1 Å². The Kier molecular flexibility index (Phi) is 5.71. The van der Waals surface area contributed by atoms with E-state index in [0.717, 1.165) is 0 Å². The van der Waals surface area contributed by atoms with E-state index in [4.69, 9.17) is 5.14 Å². The van der Waals surface area contributed by atoms with Gasteiger partial charge in [-0.25, -0.2) is 33.3 Å². The molecule has 3 rings (SSSR count). The van der Waals surface area contributed by atoms with E-state index in [1.807, 2.05) is 0 Å². The Balaban J connectivity index is 1.88. The molecule has 0 bridgehead atoms. The van der Waals surface area contributed by atoms with Crippen molar-refractivity contribution in [3.05, 3.63) is 54.4 Å². The van der Waals surface area contributed by atoms with E-state index in [0.29, 0.717) is 28.3 Å². The minimum atomic E-state index is -3.84. The summed E-state index contributed by atoms with van der Waals surface area (Å²) >= 11 is 0. The van der Waals surface area contributed by atoms with Gasteiger partial charge in [-0.1, -0.05) is 6.07 Å². The molecule has 3 aromatic rings. The molecule has 0 aliphatic rings. The molecule has 2 amide bonds. The Bertz CT molecular complexity index is 1170. The quantitative estimate of drug-likeness (QED) is 0.499. The van der Waals surface area contributed by atoms with Crippen LogP contribution in [0.15, 0.2) is 53.7 Å². The summed E-state index contributed by atoms with van der Waals surface area (Å²) in [6, 6.07) is 9.51. The minimum Gasteiger partial charge on any atom is -0.341 e. The number of pyridine rings is 1.